The number of carbonyl (C=O) groups is 2. The molecule has 0 fully saturated rings. The number of carbonyl (C=O) groups excluding carboxylic acids is 2. The molecular weight excluding hydrogens is 303 g/mol. The summed E-state index contributed by atoms with van der Waals surface area (Å²) in [5, 5.41) is 11.6. The Kier molecular flexibility index (Phi) is 6.51. The van der Waals surface area contributed by atoms with Gasteiger partial charge in [-0.25, -0.2) is 9.18 Å². The first-order valence-electron chi connectivity index (χ1n) is 7.03. The Hall–Kier alpha value is -2.62. The van der Waals surface area contributed by atoms with Crippen LogP contribution in [-0.2, 0) is 14.3 Å². The lowest BCUT2D eigenvalue weighted by Gasteiger charge is -2.27. The maximum Gasteiger partial charge on any atom is 0.344 e. The Labute approximate surface area is 134 Å². The highest BCUT2D eigenvalue weighted by Gasteiger charge is 2.30. The largest absolute Gasteiger partial charge is 0.482 e. The maximum atomic E-state index is 12.7. The average Bonchev–Trinajstić information content (AvgIpc) is 2.52. The fraction of sp³-hybridized carbons (Fsp3) is 0.438. The second kappa shape index (κ2) is 8.13. The molecule has 1 amide bonds. The van der Waals surface area contributed by atoms with Gasteiger partial charge in [0.25, 0.3) is 5.91 Å². The maximum absolute atomic E-state index is 12.7. The summed E-state index contributed by atoms with van der Waals surface area (Å²) in [5.74, 6) is -1.52. The molecule has 6 nitrogen and oxygen atoms in total. The Balaban J connectivity index is 2.37. The highest BCUT2D eigenvalue weighted by molar-refractivity contribution is 5.81. The zero-order valence-corrected chi connectivity index (χ0v) is 13.3. The molecule has 1 aromatic carbocycles. The molecule has 0 aliphatic rings. The summed E-state index contributed by atoms with van der Waals surface area (Å²) in [6.07, 6.45) is 0. The van der Waals surface area contributed by atoms with E-state index in [0.717, 1.165) is 0 Å². The number of benzene rings is 1. The first kappa shape index (κ1) is 18.4. The summed E-state index contributed by atoms with van der Waals surface area (Å²) >= 11 is 0. The highest BCUT2D eigenvalue weighted by Crippen LogP contribution is 2.14. The van der Waals surface area contributed by atoms with E-state index in [-0.39, 0.29) is 5.92 Å². The summed E-state index contributed by atoms with van der Waals surface area (Å²) in [7, 11) is 0. The topological polar surface area (TPSA) is 88.4 Å². The Bertz CT molecular complexity index is 595. The van der Waals surface area contributed by atoms with E-state index in [0.29, 0.717) is 5.75 Å². The summed E-state index contributed by atoms with van der Waals surface area (Å²) in [4.78, 5) is 23.2. The molecule has 0 heterocycles. The van der Waals surface area contributed by atoms with Crippen molar-refractivity contribution in [3.63, 3.8) is 0 Å². The third kappa shape index (κ3) is 5.94. The summed E-state index contributed by atoms with van der Waals surface area (Å²) in [6.45, 7) is 4.28. The van der Waals surface area contributed by atoms with Gasteiger partial charge in [-0.3, -0.25) is 4.79 Å². The second-order valence-electron chi connectivity index (χ2n) is 5.42. The zero-order valence-electron chi connectivity index (χ0n) is 13.3. The molecule has 0 spiro atoms. The molecular formula is C16H19FN2O4. The van der Waals surface area contributed by atoms with Crippen molar-refractivity contribution in [3.8, 4) is 11.8 Å². The molecule has 1 aromatic rings. The van der Waals surface area contributed by atoms with Gasteiger partial charge in [0, 0.05) is 0 Å². The first-order chi connectivity index (χ1) is 10.8. The number of esters is 1. The van der Waals surface area contributed by atoms with Gasteiger partial charge in [-0.15, -0.1) is 0 Å². The summed E-state index contributed by atoms with van der Waals surface area (Å²) < 4.78 is 22.6. The van der Waals surface area contributed by atoms with Crippen LogP contribution in [0, 0.1) is 23.1 Å². The number of nitrogens with one attached hydrogen (secondary N) is 1. The molecule has 0 unspecified atom stereocenters. The minimum atomic E-state index is -1.03. The molecule has 0 aliphatic heterocycles. The van der Waals surface area contributed by atoms with Crippen LogP contribution < -0.4 is 10.1 Å². The third-order valence-electron chi connectivity index (χ3n) is 3.32. The van der Waals surface area contributed by atoms with Gasteiger partial charge in [-0.05, 0) is 37.1 Å². The third-order valence-corrected chi connectivity index (χ3v) is 3.32. The van der Waals surface area contributed by atoms with Crippen LogP contribution in [0.2, 0.25) is 0 Å². The number of amides is 1. The van der Waals surface area contributed by atoms with E-state index in [9.17, 15) is 14.0 Å². The van der Waals surface area contributed by atoms with Crippen molar-refractivity contribution in [1.82, 2.24) is 5.32 Å². The second-order valence-corrected chi connectivity index (χ2v) is 5.42. The van der Waals surface area contributed by atoms with Crippen LogP contribution >= 0.6 is 0 Å². The minimum Gasteiger partial charge on any atom is -0.482 e. The van der Waals surface area contributed by atoms with Crippen LogP contribution in [0.1, 0.15) is 20.8 Å². The number of rotatable bonds is 7. The Morgan fingerprint density at radius 3 is 2.43 bits per heavy atom. The van der Waals surface area contributed by atoms with E-state index >= 15 is 0 Å². The van der Waals surface area contributed by atoms with Crippen molar-refractivity contribution in [2.45, 2.75) is 26.3 Å². The van der Waals surface area contributed by atoms with Crippen LogP contribution in [0.5, 0.6) is 5.75 Å². The number of hydrogen-bond acceptors (Lipinski definition) is 5. The van der Waals surface area contributed by atoms with Gasteiger partial charge < -0.3 is 14.8 Å². The fourth-order valence-electron chi connectivity index (χ4n) is 1.49. The standard InChI is InChI=1S/C16H19FN2O4/c1-11(2)16(3,10-18)19-14(20)8-23-15(21)9-22-13-6-4-12(17)5-7-13/h4-7,11H,8-9H2,1-3H3,(H,19,20)/t16-/m1/s1. The lowest BCUT2D eigenvalue weighted by Crippen LogP contribution is -2.50. The molecule has 0 aromatic heterocycles. The molecule has 1 atom stereocenters. The number of ether oxygens (including phenoxy) is 2. The van der Waals surface area contributed by atoms with E-state index in [1.54, 1.807) is 20.8 Å². The first-order valence-corrected chi connectivity index (χ1v) is 7.03. The van der Waals surface area contributed by atoms with Crippen LogP contribution in [0.3, 0.4) is 0 Å². The lowest BCUT2D eigenvalue weighted by atomic mass is 9.90. The van der Waals surface area contributed by atoms with E-state index < -0.39 is 36.4 Å². The monoisotopic (exact) mass is 322 g/mol. The van der Waals surface area contributed by atoms with Crippen molar-refractivity contribution >= 4 is 11.9 Å². The number of nitrogens with zero attached hydrogens (tertiary/aromatic N) is 1. The predicted molar refractivity (Wildman–Crippen MR) is 79.9 cm³/mol. The van der Waals surface area contributed by atoms with Gasteiger partial charge in [0.1, 0.15) is 17.1 Å². The minimum absolute atomic E-state index is 0.103. The predicted octanol–water partition coefficient (Wildman–Crippen LogP) is 1.80. The number of nitriles is 1. The van der Waals surface area contributed by atoms with Gasteiger partial charge in [0.05, 0.1) is 6.07 Å². The number of halogens is 1. The quantitative estimate of drug-likeness (QED) is 0.773. The van der Waals surface area contributed by atoms with Crippen molar-refractivity contribution in [2.75, 3.05) is 13.2 Å². The van der Waals surface area contributed by atoms with E-state index in [1.807, 2.05) is 6.07 Å². The van der Waals surface area contributed by atoms with Gasteiger partial charge >= 0.3 is 5.97 Å². The lowest BCUT2D eigenvalue weighted by molar-refractivity contribution is -0.150. The van der Waals surface area contributed by atoms with Crippen LogP contribution in [0.25, 0.3) is 0 Å². The van der Waals surface area contributed by atoms with E-state index in [2.05, 4.69) is 5.32 Å². The van der Waals surface area contributed by atoms with Gasteiger partial charge in [-0.1, -0.05) is 13.8 Å². The fourth-order valence-corrected chi connectivity index (χ4v) is 1.49. The molecule has 7 heteroatoms. The van der Waals surface area contributed by atoms with E-state index in [1.165, 1.54) is 24.3 Å². The summed E-state index contributed by atoms with van der Waals surface area (Å²) in [6, 6.07) is 7.16. The zero-order chi connectivity index (χ0) is 17.5. The molecule has 0 saturated carbocycles. The van der Waals surface area contributed by atoms with Crippen LogP contribution in [0.4, 0.5) is 4.39 Å². The van der Waals surface area contributed by atoms with Crippen molar-refractivity contribution < 1.29 is 23.5 Å². The highest BCUT2D eigenvalue weighted by atomic mass is 19.1. The smallest absolute Gasteiger partial charge is 0.344 e. The Morgan fingerprint density at radius 1 is 1.30 bits per heavy atom. The van der Waals surface area contributed by atoms with Crippen molar-refractivity contribution in [2.24, 2.45) is 5.92 Å². The van der Waals surface area contributed by atoms with Gasteiger partial charge in [0.2, 0.25) is 0 Å². The molecule has 23 heavy (non-hydrogen) atoms. The molecule has 0 saturated heterocycles. The molecule has 124 valence electrons. The Morgan fingerprint density at radius 2 is 1.91 bits per heavy atom. The normalized spacial score (nSPS) is 12.9. The van der Waals surface area contributed by atoms with Crippen LogP contribution in [-0.4, -0.2) is 30.6 Å². The van der Waals surface area contributed by atoms with Crippen LogP contribution in [0.15, 0.2) is 24.3 Å². The van der Waals surface area contributed by atoms with Crippen molar-refractivity contribution in [1.29, 1.82) is 5.26 Å². The van der Waals surface area contributed by atoms with E-state index in [4.69, 9.17) is 14.7 Å². The summed E-state index contributed by atoms with van der Waals surface area (Å²) in [5.41, 5.74) is -1.03. The van der Waals surface area contributed by atoms with Gasteiger partial charge in [0.15, 0.2) is 13.2 Å². The van der Waals surface area contributed by atoms with Crippen molar-refractivity contribution in [3.05, 3.63) is 30.1 Å². The average molecular weight is 322 g/mol. The molecule has 1 N–H and O–H groups in total. The molecule has 0 aliphatic carbocycles. The molecule has 0 bridgehead atoms. The van der Waals surface area contributed by atoms with Gasteiger partial charge in [-0.2, -0.15) is 5.26 Å². The number of hydrogen-bond donors (Lipinski definition) is 1. The molecule has 0 radical (unpaired) electrons. The molecule has 1 rings (SSSR count). The SMILES string of the molecule is CC(C)[C@@](C)(C#N)NC(=O)COC(=O)COc1ccc(F)cc1.